The molecule has 0 spiro atoms. The molecule has 41 heavy (non-hydrogen) atoms. The van der Waals surface area contributed by atoms with Crippen molar-refractivity contribution in [3.05, 3.63) is 96.1 Å². The van der Waals surface area contributed by atoms with E-state index in [2.05, 4.69) is 81.1 Å². The van der Waals surface area contributed by atoms with Gasteiger partial charge in [0.15, 0.2) is 0 Å². The molecule has 7 nitrogen and oxygen atoms in total. The third kappa shape index (κ3) is 7.91. The second kappa shape index (κ2) is 13.7. The van der Waals surface area contributed by atoms with Gasteiger partial charge in [-0.1, -0.05) is 72.8 Å². The standard InChI is InChI=1S/C34H40N4O3/c1-25(29-13-11-27-7-3-5-9-31(27)21-29)35-33(39)23-37-15-16-38(18-20-41-19-17-37)24-34(40)36-26(2)30-14-12-28-8-4-6-10-32(28)22-30/h3-14,21-22,25-26H,15-20,23-24H2,1-2H3,(H,35,39)(H,36,40)/t25-,26-/m0/s1. The molecule has 0 unspecified atom stereocenters. The van der Waals surface area contributed by atoms with E-state index in [9.17, 15) is 9.59 Å². The summed E-state index contributed by atoms with van der Waals surface area (Å²) in [5.41, 5.74) is 2.17. The summed E-state index contributed by atoms with van der Waals surface area (Å²) >= 11 is 0. The number of ether oxygens (including phenoxy) is 1. The quantitative estimate of drug-likeness (QED) is 0.332. The largest absolute Gasteiger partial charge is 0.379 e. The lowest BCUT2D eigenvalue weighted by molar-refractivity contribution is -0.124. The summed E-state index contributed by atoms with van der Waals surface area (Å²) in [5.74, 6) is -0.0307. The topological polar surface area (TPSA) is 73.9 Å². The van der Waals surface area contributed by atoms with Crippen molar-refractivity contribution in [3.8, 4) is 0 Å². The Kier molecular flexibility index (Phi) is 9.62. The molecule has 4 aromatic rings. The van der Waals surface area contributed by atoms with Gasteiger partial charge in [0.1, 0.15) is 0 Å². The number of benzene rings is 4. The highest BCUT2D eigenvalue weighted by Gasteiger charge is 2.19. The summed E-state index contributed by atoms with van der Waals surface area (Å²) in [6.45, 7) is 8.47. The average molecular weight is 553 g/mol. The van der Waals surface area contributed by atoms with Gasteiger partial charge in [-0.25, -0.2) is 0 Å². The van der Waals surface area contributed by atoms with E-state index in [-0.39, 0.29) is 23.9 Å². The SMILES string of the molecule is C[C@H](NC(=O)CN1CCOCCN(CC(=O)N[C@@H](C)c2ccc3ccccc3c2)CC1)c1ccc2ccccc2c1. The lowest BCUT2D eigenvalue weighted by Gasteiger charge is -2.26. The second-order valence-corrected chi connectivity index (χ2v) is 11.0. The van der Waals surface area contributed by atoms with Crippen LogP contribution >= 0.6 is 0 Å². The highest BCUT2D eigenvalue weighted by atomic mass is 16.5. The van der Waals surface area contributed by atoms with E-state index in [0.29, 0.717) is 52.5 Å². The lowest BCUT2D eigenvalue weighted by Crippen LogP contribution is -2.44. The molecule has 0 bridgehead atoms. The van der Waals surface area contributed by atoms with Crippen molar-refractivity contribution in [2.45, 2.75) is 25.9 Å². The predicted octanol–water partition coefficient (Wildman–Crippen LogP) is 4.68. The maximum atomic E-state index is 13.0. The number of nitrogens with one attached hydrogen (secondary N) is 2. The molecule has 1 saturated heterocycles. The van der Waals surface area contributed by atoms with Crippen LogP contribution in [0.25, 0.3) is 21.5 Å². The summed E-state index contributed by atoms with van der Waals surface area (Å²) in [6, 6.07) is 28.9. The van der Waals surface area contributed by atoms with Gasteiger partial charge in [0.25, 0.3) is 0 Å². The van der Waals surface area contributed by atoms with Gasteiger partial charge in [0.05, 0.1) is 38.4 Å². The zero-order valence-electron chi connectivity index (χ0n) is 24.0. The fourth-order valence-electron chi connectivity index (χ4n) is 5.41. The van der Waals surface area contributed by atoms with E-state index < -0.39 is 0 Å². The molecule has 4 aromatic carbocycles. The highest BCUT2D eigenvalue weighted by Crippen LogP contribution is 2.21. The first-order chi connectivity index (χ1) is 19.9. The summed E-state index contributed by atoms with van der Waals surface area (Å²) in [7, 11) is 0. The van der Waals surface area contributed by atoms with Crippen LogP contribution in [0.5, 0.6) is 0 Å². The zero-order valence-corrected chi connectivity index (χ0v) is 24.0. The lowest BCUT2D eigenvalue weighted by atomic mass is 10.0. The molecular weight excluding hydrogens is 512 g/mol. The van der Waals surface area contributed by atoms with Crippen molar-refractivity contribution in [2.24, 2.45) is 0 Å². The van der Waals surface area contributed by atoms with Gasteiger partial charge in [-0.3, -0.25) is 19.4 Å². The van der Waals surface area contributed by atoms with Crippen LogP contribution in [0, 0.1) is 0 Å². The third-order valence-corrected chi connectivity index (χ3v) is 7.87. The van der Waals surface area contributed by atoms with Crippen molar-refractivity contribution < 1.29 is 14.3 Å². The van der Waals surface area contributed by atoms with Crippen LogP contribution < -0.4 is 10.6 Å². The first kappa shape index (κ1) is 28.7. The molecule has 0 aromatic heterocycles. The van der Waals surface area contributed by atoms with Crippen LogP contribution in [0.15, 0.2) is 84.9 Å². The molecule has 1 aliphatic rings. The molecule has 5 rings (SSSR count). The Labute approximate surface area is 242 Å². The van der Waals surface area contributed by atoms with E-state index in [1.807, 2.05) is 38.1 Å². The van der Waals surface area contributed by atoms with Crippen molar-refractivity contribution in [1.29, 1.82) is 0 Å². The molecule has 2 N–H and O–H groups in total. The minimum absolute atomic E-state index is 0.0154. The third-order valence-electron chi connectivity index (χ3n) is 7.87. The van der Waals surface area contributed by atoms with Crippen LogP contribution in [-0.4, -0.2) is 74.1 Å². The van der Waals surface area contributed by atoms with E-state index in [1.165, 1.54) is 21.5 Å². The van der Waals surface area contributed by atoms with E-state index in [4.69, 9.17) is 4.74 Å². The normalized spacial score (nSPS) is 16.8. The Bertz CT molecular complexity index is 1380. The average Bonchev–Trinajstić information content (AvgIpc) is 3.08. The van der Waals surface area contributed by atoms with E-state index >= 15 is 0 Å². The molecule has 2 amide bonds. The van der Waals surface area contributed by atoms with Gasteiger partial charge < -0.3 is 15.4 Å². The molecule has 0 radical (unpaired) electrons. The van der Waals surface area contributed by atoms with Gasteiger partial charge in [0.2, 0.25) is 11.8 Å². The number of hydrogen-bond acceptors (Lipinski definition) is 5. The maximum Gasteiger partial charge on any atom is 0.234 e. The Morgan fingerprint density at radius 3 is 1.49 bits per heavy atom. The number of carbonyl (C=O) groups is 2. The van der Waals surface area contributed by atoms with Gasteiger partial charge in [0, 0.05) is 26.2 Å². The molecule has 1 fully saturated rings. The number of fused-ring (bicyclic) bond motifs is 2. The number of rotatable bonds is 8. The highest BCUT2D eigenvalue weighted by molar-refractivity contribution is 5.84. The zero-order chi connectivity index (χ0) is 28.6. The van der Waals surface area contributed by atoms with E-state index in [1.54, 1.807) is 0 Å². The number of nitrogens with zero attached hydrogens (tertiary/aromatic N) is 2. The number of amides is 2. The maximum absolute atomic E-state index is 13.0. The molecule has 0 saturated carbocycles. The summed E-state index contributed by atoms with van der Waals surface area (Å²) < 4.78 is 5.81. The van der Waals surface area contributed by atoms with Crippen LogP contribution in [0.1, 0.15) is 37.1 Å². The molecule has 7 heteroatoms. The Hall–Kier alpha value is -3.78. The first-order valence-electron chi connectivity index (χ1n) is 14.5. The van der Waals surface area contributed by atoms with Crippen molar-refractivity contribution in [3.63, 3.8) is 0 Å². The molecule has 2 atom stereocenters. The molecule has 1 aliphatic heterocycles. The van der Waals surface area contributed by atoms with Crippen LogP contribution in [-0.2, 0) is 14.3 Å². The van der Waals surface area contributed by atoms with Crippen molar-refractivity contribution in [1.82, 2.24) is 20.4 Å². The summed E-state index contributed by atoms with van der Waals surface area (Å²) in [4.78, 5) is 30.2. The van der Waals surface area contributed by atoms with Gasteiger partial charge in [-0.2, -0.15) is 0 Å². The smallest absolute Gasteiger partial charge is 0.234 e. The first-order valence-corrected chi connectivity index (χ1v) is 14.5. The van der Waals surface area contributed by atoms with Crippen LogP contribution in [0.2, 0.25) is 0 Å². The Morgan fingerprint density at radius 1 is 0.634 bits per heavy atom. The summed E-state index contributed by atoms with van der Waals surface area (Å²) in [6.07, 6.45) is 0. The molecule has 1 heterocycles. The van der Waals surface area contributed by atoms with Gasteiger partial charge >= 0.3 is 0 Å². The molecule has 0 aliphatic carbocycles. The minimum Gasteiger partial charge on any atom is -0.379 e. The van der Waals surface area contributed by atoms with Crippen LogP contribution in [0.3, 0.4) is 0 Å². The van der Waals surface area contributed by atoms with Crippen molar-refractivity contribution >= 4 is 33.4 Å². The fraction of sp³-hybridized carbons (Fsp3) is 0.353. The van der Waals surface area contributed by atoms with Gasteiger partial charge in [-0.05, 0) is 58.7 Å². The van der Waals surface area contributed by atoms with Crippen molar-refractivity contribution in [2.75, 3.05) is 52.5 Å². The second-order valence-electron chi connectivity index (χ2n) is 11.0. The monoisotopic (exact) mass is 552 g/mol. The van der Waals surface area contributed by atoms with E-state index in [0.717, 1.165) is 11.1 Å². The predicted molar refractivity (Wildman–Crippen MR) is 165 cm³/mol. The summed E-state index contributed by atoms with van der Waals surface area (Å²) in [5, 5.41) is 11.0. The Balaban J connectivity index is 1.11. The number of carbonyl (C=O) groups excluding carboxylic acids is 2. The van der Waals surface area contributed by atoms with Gasteiger partial charge in [-0.15, -0.1) is 0 Å². The Morgan fingerprint density at radius 2 is 1.05 bits per heavy atom. The minimum atomic E-state index is -0.0920. The molecular formula is C34H40N4O3. The number of hydrogen-bond donors (Lipinski definition) is 2. The fourth-order valence-corrected chi connectivity index (χ4v) is 5.41. The molecule has 214 valence electrons. The van der Waals surface area contributed by atoms with Crippen LogP contribution in [0.4, 0.5) is 0 Å².